The van der Waals surface area contributed by atoms with Gasteiger partial charge in [-0.25, -0.2) is 0 Å². The van der Waals surface area contributed by atoms with Crippen molar-refractivity contribution in [1.82, 2.24) is 29.4 Å². The molecule has 3 heterocycles. The number of aromatic nitrogens is 5. The van der Waals surface area contributed by atoms with Crippen LogP contribution in [0.1, 0.15) is 11.3 Å². The summed E-state index contributed by atoms with van der Waals surface area (Å²) in [5.74, 6) is 1.36. The minimum absolute atomic E-state index is 0.0267. The van der Waals surface area contributed by atoms with Crippen molar-refractivity contribution in [2.45, 2.75) is 13.0 Å². The van der Waals surface area contributed by atoms with Gasteiger partial charge in [-0.15, -0.1) is 10.2 Å². The van der Waals surface area contributed by atoms with Crippen LogP contribution in [0.3, 0.4) is 0 Å². The molecule has 0 radical (unpaired) electrons. The summed E-state index contributed by atoms with van der Waals surface area (Å²) in [5.41, 5.74) is 2.95. The lowest BCUT2D eigenvalue weighted by molar-refractivity contribution is -0.134. The summed E-state index contributed by atoms with van der Waals surface area (Å²) in [6.07, 6.45) is 2.41. The minimum Gasteiger partial charge on any atom is -0.484 e. The number of hydrogen-bond donors (Lipinski definition) is 0. The minimum atomic E-state index is -0.0349. The lowest BCUT2D eigenvalue weighted by atomic mass is 10.0. The Hall–Kier alpha value is -3.16. The fraction of sp³-hybridized carbons (Fsp3) is 0.333. The third kappa shape index (κ3) is 2.94. The first-order valence-corrected chi connectivity index (χ1v) is 8.48. The monoisotopic (exact) mass is 352 g/mol. The SMILES string of the molecule is Cn1cnnc1-c1nn(C)c2c1CN(C(=O)COc1ccccc1)CC2. The van der Waals surface area contributed by atoms with Gasteiger partial charge in [0, 0.05) is 44.9 Å². The third-order valence-corrected chi connectivity index (χ3v) is 4.62. The quantitative estimate of drug-likeness (QED) is 0.705. The summed E-state index contributed by atoms with van der Waals surface area (Å²) in [6, 6.07) is 9.37. The summed E-state index contributed by atoms with van der Waals surface area (Å²) < 4.78 is 9.31. The van der Waals surface area contributed by atoms with Gasteiger partial charge in [0.05, 0.1) is 0 Å². The molecule has 4 rings (SSSR count). The molecule has 0 bridgehead atoms. The van der Waals surface area contributed by atoms with Crippen molar-refractivity contribution in [3.8, 4) is 17.3 Å². The third-order valence-electron chi connectivity index (χ3n) is 4.62. The van der Waals surface area contributed by atoms with E-state index in [1.807, 2.05) is 58.6 Å². The number of hydrogen-bond acceptors (Lipinski definition) is 5. The van der Waals surface area contributed by atoms with Crippen LogP contribution in [0.5, 0.6) is 5.75 Å². The van der Waals surface area contributed by atoms with Gasteiger partial charge in [0.25, 0.3) is 5.91 Å². The van der Waals surface area contributed by atoms with Gasteiger partial charge < -0.3 is 14.2 Å². The van der Waals surface area contributed by atoms with Crippen LogP contribution >= 0.6 is 0 Å². The predicted molar refractivity (Wildman–Crippen MR) is 94.3 cm³/mol. The number of para-hydroxylation sites is 1. The number of fused-ring (bicyclic) bond motifs is 1. The topological polar surface area (TPSA) is 78.1 Å². The van der Waals surface area contributed by atoms with Crippen molar-refractivity contribution in [2.75, 3.05) is 13.2 Å². The summed E-state index contributed by atoms with van der Waals surface area (Å²) in [5, 5.41) is 12.7. The van der Waals surface area contributed by atoms with Crippen LogP contribution in [-0.4, -0.2) is 48.5 Å². The highest BCUT2D eigenvalue weighted by Crippen LogP contribution is 2.28. The summed E-state index contributed by atoms with van der Waals surface area (Å²) in [7, 11) is 3.81. The Labute approximate surface area is 151 Å². The molecule has 0 aliphatic carbocycles. The second kappa shape index (κ2) is 6.62. The van der Waals surface area contributed by atoms with Gasteiger partial charge >= 0.3 is 0 Å². The van der Waals surface area contributed by atoms with Gasteiger partial charge in [0.15, 0.2) is 12.4 Å². The summed E-state index contributed by atoms with van der Waals surface area (Å²) in [4.78, 5) is 14.4. The van der Waals surface area contributed by atoms with Crippen molar-refractivity contribution in [3.05, 3.63) is 47.9 Å². The number of rotatable bonds is 4. The maximum atomic E-state index is 12.6. The highest BCUT2D eigenvalue weighted by atomic mass is 16.5. The Morgan fingerprint density at radius 2 is 2.04 bits per heavy atom. The number of nitrogens with zero attached hydrogens (tertiary/aromatic N) is 6. The van der Waals surface area contributed by atoms with Crippen molar-refractivity contribution in [3.63, 3.8) is 0 Å². The van der Waals surface area contributed by atoms with Crippen LogP contribution < -0.4 is 4.74 Å². The van der Waals surface area contributed by atoms with Gasteiger partial charge in [-0.2, -0.15) is 5.10 Å². The molecule has 0 saturated carbocycles. The Morgan fingerprint density at radius 3 is 2.77 bits per heavy atom. The zero-order chi connectivity index (χ0) is 18.1. The molecule has 1 aromatic carbocycles. The van der Waals surface area contributed by atoms with Crippen molar-refractivity contribution in [2.24, 2.45) is 14.1 Å². The molecular formula is C18H20N6O2. The zero-order valence-corrected chi connectivity index (χ0v) is 14.8. The van der Waals surface area contributed by atoms with Gasteiger partial charge in [0.2, 0.25) is 0 Å². The van der Waals surface area contributed by atoms with E-state index in [4.69, 9.17) is 4.74 Å². The van der Waals surface area contributed by atoms with E-state index in [2.05, 4.69) is 15.3 Å². The van der Waals surface area contributed by atoms with E-state index in [9.17, 15) is 4.79 Å². The highest BCUT2D eigenvalue weighted by Gasteiger charge is 2.28. The Bertz CT molecular complexity index is 931. The molecule has 0 N–H and O–H groups in total. The van der Waals surface area contributed by atoms with E-state index in [0.717, 1.165) is 23.4 Å². The Kier molecular flexibility index (Phi) is 4.16. The first-order valence-electron chi connectivity index (χ1n) is 8.48. The van der Waals surface area contributed by atoms with Gasteiger partial charge in [-0.05, 0) is 12.1 Å². The standard InChI is InChI=1S/C18H20N6O2/c1-22-12-19-20-18(22)17-14-10-24(9-8-15(14)23(2)21-17)16(25)11-26-13-6-4-3-5-7-13/h3-7,12H,8-11H2,1-2H3. The lowest BCUT2D eigenvalue weighted by Gasteiger charge is -2.27. The van der Waals surface area contributed by atoms with Gasteiger partial charge in [-0.1, -0.05) is 18.2 Å². The molecule has 1 aliphatic rings. The molecule has 26 heavy (non-hydrogen) atoms. The van der Waals surface area contributed by atoms with Crippen LogP contribution in [0.2, 0.25) is 0 Å². The van der Waals surface area contributed by atoms with E-state index < -0.39 is 0 Å². The summed E-state index contributed by atoms with van der Waals surface area (Å²) in [6.45, 7) is 1.18. The van der Waals surface area contributed by atoms with E-state index in [0.29, 0.717) is 24.7 Å². The fourth-order valence-corrected chi connectivity index (χ4v) is 3.24. The Balaban J connectivity index is 1.52. The molecule has 0 fully saturated rings. The maximum Gasteiger partial charge on any atom is 0.260 e. The van der Waals surface area contributed by atoms with Crippen LogP contribution in [0, 0.1) is 0 Å². The van der Waals surface area contributed by atoms with E-state index >= 15 is 0 Å². The smallest absolute Gasteiger partial charge is 0.260 e. The molecule has 1 amide bonds. The molecule has 2 aromatic heterocycles. The zero-order valence-electron chi connectivity index (χ0n) is 14.8. The molecular weight excluding hydrogens is 332 g/mol. The second-order valence-corrected chi connectivity index (χ2v) is 6.33. The number of carbonyl (C=O) groups is 1. The van der Waals surface area contributed by atoms with Crippen LogP contribution in [0.4, 0.5) is 0 Å². The molecule has 1 aliphatic heterocycles. The van der Waals surface area contributed by atoms with Crippen LogP contribution in [0.25, 0.3) is 11.5 Å². The molecule has 134 valence electrons. The molecule has 0 saturated heterocycles. The largest absolute Gasteiger partial charge is 0.484 e. The molecule has 0 atom stereocenters. The van der Waals surface area contributed by atoms with Crippen molar-refractivity contribution in [1.29, 1.82) is 0 Å². The molecule has 8 nitrogen and oxygen atoms in total. The average molecular weight is 352 g/mol. The Morgan fingerprint density at radius 1 is 1.23 bits per heavy atom. The number of aryl methyl sites for hydroxylation is 2. The van der Waals surface area contributed by atoms with E-state index in [1.165, 1.54) is 0 Å². The number of amides is 1. The molecule has 8 heteroatoms. The summed E-state index contributed by atoms with van der Waals surface area (Å²) >= 11 is 0. The van der Waals surface area contributed by atoms with E-state index in [-0.39, 0.29) is 12.5 Å². The fourth-order valence-electron chi connectivity index (χ4n) is 3.24. The second-order valence-electron chi connectivity index (χ2n) is 6.33. The predicted octanol–water partition coefficient (Wildman–Crippen LogP) is 1.18. The van der Waals surface area contributed by atoms with Gasteiger partial charge in [0.1, 0.15) is 17.8 Å². The normalized spacial score (nSPS) is 13.5. The number of benzene rings is 1. The van der Waals surface area contributed by atoms with Crippen molar-refractivity contribution >= 4 is 5.91 Å². The van der Waals surface area contributed by atoms with E-state index in [1.54, 1.807) is 6.33 Å². The first kappa shape index (κ1) is 16.3. The molecule has 0 unspecified atom stereocenters. The van der Waals surface area contributed by atoms with Crippen molar-refractivity contribution < 1.29 is 9.53 Å². The highest BCUT2D eigenvalue weighted by molar-refractivity contribution is 5.78. The first-order chi connectivity index (χ1) is 12.6. The van der Waals surface area contributed by atoms with Crippen LogP contribution in [-0.2, 0) is 31.9 Å². The number of carbonyl (C=O) groups excluding carboxylic acids is 1. The molecule has 3 aromatic rings. The van der Waals surface area contributed by atoms with Gasteiger partial charge in [-0.3, -0.25) is 9.48 Å². The lowest BCUT2D eigenvalue weighted by Crippen LogP contribution is -2.39. The maximum absolute atomic E-state index is 12.6. The average Bonchev–Trinajstić information content (AvgIpc) is 3.23. The van der Waals surface area contributed by atoms with Crippen LogP contribution in [0.15, 0.2) is 36.7 Å². The molecule has 0 spiro atoms. The number of ether oxygens (including phenoxy) is 1.